The average molecular weight is 577 g/mol. The highest BCUT2D eigenvalue weighted by molar-refractivity contribution is 7.90. The Morgan fingerprint density at radius 2 is 1.62 bits per heavy atom. The van der Waals surface area contributed by atoms with Crippen LogP contribution < -0.4 is 0 Å². The van der Waals surface area contributed by atoms with Crippen LogP contribution >= 0.6 is 23.2 Å². The molecule has 0 atom stereocenters. The van der Waals surface area contributed by atoms with Crippen LogP contribution in [-0.2, 0) is 16.3 Å². The summed E-state index contributed by atoms with van der Waals surface area (Å²) in [6.07, 6.45) is 3.54. The van der Waals surface area contributed by atoms with Crippen LogP contribution in [-0.4, -0.2) is 35.3 Å². The minimum atomic E-state index is -3.31. The van der Waals surface area contributed by atoms with Gasteiger partial charge in [-0.3, -0.25) is 0 Å². The van der Waals surface area contributed by atoms with Gasteiger partial charge in [0.1, 0.15) is 5.82 Å². The molecule has 1 aromatic heterocycles. The fourth-order valence-electron chi connectivity index (χ4n) is 4.26. The lowest BCUT2D eigenvalue weighted by atomic mass is 10.0. The first-order chi connectivity index (χ1) is 18.6. The van der Waals surface area contributed by atoms with Crippen LogP contribution in [0.4, 0.5) is 0 Å². The predicted molar refractivity (Wildman–Crippen MR) is 154 cm³/mol. The van der Waals surface area contributed by atoms with E-state index in [1.165, 1.54) is 6.26 Å². The van der Waals surface area contributed by atoms with Gasteiger partial charge in [-0.05, 0) is 71.3 Å². The molecule has 0 aliphatic rings. The van der Waals surface area contributed by atoms with Crippen molar-refractivity contribution in [2.24, 2.45) is 0 Å². The van der Waals surface area contributed by atoms with Crippen LogP contribution in [0.2, 0.25) is 10.0 Å². The van der Waals surface area contributed by atoms with Gasteiger partial charge in [0.25, 0.3) is 0 Å². The molecule has 0 radical (unpaired) electrons. The lowest BCUT2D eigenvalue weighted by molar-refractivity contribution is 0.0697. The van der Waals surface area contributed by atoms with Crippen LogP contribution in [0.3, 0.4) is 0 Å². The third kappa shape index (κ3) is 5.91. The standard InChI is InChI=1S/C30H22Cl2N2O4S/c1-39(37,38)25-4-2-3-22(16-25)20-7-5-19(6-8-20)15-29-33-28(26-14-11-23(31)17-27(26)32)18-34(29)24-12-9-21(10-13-24)30(35)36/h2-14,16-18H,15H2,1H3,(H,35,36). The molecule has 1 N–H and O–H groups in total. The summed E-state index contributed by atoms with van der Waals surface area (Å²) in [6, 6.07) is 26.5. The van der Waals surface area contributed by atoms with Crippen molar-refractivity contribution in [1.29, 1.82) is 0 Å². The van der Waals surface area contributed by atoms with E-state index in [-0.39, 0.29) is 10.5 Å². The molecule has 0 unspecified atom stereocenters. The fourth-order valence-corrected chi connectivity index (χ4v) is 5.43. The van der Waals surface area contributed by atoms with Crippen LogP contribution in [0.15, 0.2) is 102 Å². The van der Waals surface area contributed by atoms with Gasteiger partial charge < -0.3 is 9.67 Å². The van der Waals surface area contributed by atoms with Crippen molar-refractivity contribution < 1.29 is 18.3 Å². The minimum absolute atomic E-state index is 0.192. The number of hydrogen-bond acceptors (Lipinski definition) is 4. The molecule has 39 heavy (non-hydrogen) atoms. The number of aromatic carboxylic acids is 1. The summed E-state index contributed by atoms with van der Waals surface area (Å²) in [5, 5.41) is 10.3. The summed E-state index contributed by atoms with van der Waals surface area (Å²) in [7, 11) is -3.31. The van der Waals surface area contributed by atoms with E-state index in [9.17, 15) is 18.3 Å². The van der Waals surface area contributed by atoms with Crippen molar-refractivity contribution in [2.75, 3.05) is 6.26 Å². The number of nitrogens with zero attached hydrogens (tertiary/aromatic N) is 2. The molecule has 0 saturated carbocycles. The Balaban J connectivity index is 1.51. The fraction of sp³-hybridized carbons (Fsp3) is 0.0667. The molecule has 0 fully saturated rings. The normalized spacial score (nSPS) is 11.5. The van der Waals surface area contributed by atoms with Crippen molar-refractivity contribution in [2.45, 2.75) is 11.3 Å². The third-order valence-electron chi connectivity index (χ3n) is 6.29. The summed E-state index contributed by atoms with van der Waals surface area (Å²) < 4.78 is 25.8. The van der Waals surface area contributed by atoms with Gasteiger partial charge in [-0.2, -0.15) is 0 Å². The Morgan fingerprint density at radius 3 is 2.26 bits per heavy atom. The number of carbonyl (C=O) groups is 1. The summed E-state index contributed by atoms with van der Waals surface area (Å²) in [5.74, 6) is -0.269. The van der Waals surface area contributed by atoms with E-state index in [0.29, 0.717) is 22.2 Å². The van der Waals surface area contributed by atoms with Crippen molar-refractivity contribution in [3.8, 4) is 28.1 Å². The van der Waals surface area contributed by atoms with Crippen LogP contribution in [0.5, 0.6) is 0 Å². The molecule has 1 heterocycles. The summed E-state index contributed by atoms with van der Waals surface area (Å²) in [5.41, 5.74) is 5.02. The zero-order valence-electron chi connectivity index (χ0n) is 20.7. The molecule has 0 saturated heterocycles. The Morgan fingerprint density at radius 1 is 0.897 bits per heavy atom. The van der Waals surface area contributed by atoms with Crippen molar-refractivity contribution in [3.05, 3.63) is 124 Å². The molecule has 0 spiro atoms. The van der Waals surface area contributed by atoms with E-state index in [2.05, 4.69) is 0 Å². The Hall–Kier alpha value is -3.91. The second-order valence-electron chi connectivity index (χ2n) is 9.06. The molecule has 0 aliphatic heterocycles. The second-order valence-corrected chi connectivity index (χ2v) is 11.9. The van der Waals surface area contributed by atoms with Crippen molar-refractivity contribution in [3.63, 3.8) is 0 Å². The molecule has 0 aliphatic carbocycles. The van der Waals surface area contributed by atoms with Gasteiger partial charge in [0, 0.05) is 35.1 Å². The van der Waals surface area contributed by atoms with Crippen LogP contribution in [0, 0.1) is 0 Å². The smallest absolute Gasteiger partial charge is 0.335 e. The quantitative estimate of drug-likeness (QED) is 0.221. The number of rotatable bonds is 7. The maximum atomic E-state index is 12.0. The predicted octanol–water partition coefficient (Wildman–Crippen LogP) is 7.21. The van der Waals surface area contributed by atoms with Crippen LogP contribution in [0.1, 0.15) is 21.7 Å². The van der Waals surface area contributed by atoms with E-state index in [0.717, 1.165) is 33.8 Å². The molecule has 196 valence electrons. The molecule has 0 bridgehead atoms. The first-order valence-electron chi connectivity index (χ1n) is 11.9. The Labute approximate surface area is 236 Å². The summed E-state index contributed by atoms with van der Waals surface area (Å²) in [4.78, 5) is 16.5. The number of carboxylic acid groups (broad SMARTS) is 1. The van der Waals surface area contributed by atoms with Gasteiger partial charge in [-0.15, -0.1) is 0 Å². The number of hydrogen-bond donors (Lipinski definition) is 1. The summed E-state index contributed by atoms with van der Waals surface area (Å²) in [6.45, 7) is 0. The van der Waals surface area contributed by atoms with E-state index in [1.54, 1.807) is 54.6 Å². The highest BCUT2D eigenvalue weighted by atomic mass is 35.5. The lowest BCUT2D eigenvalue weighted by Gasteiger charge is -2.09. The number of sulfone groups is 1. The minimum Gasteiger partial charge on any atom is -0.478 e. The second kappa shape index (κ2) is 10.7. The molecular formula is C30H22Cl2N2O4S. The molecule has 0 amide bonds. The monoisotopic (exact) mass is 576 g/mol. The van der Waals surface area contributed by atoms with Gasteiger partial charge >= 0.3 is 5.97 Å². The first-order valence-corrected chi connectivity index (χ1v) is 14.5. The van der Waals surface area contributed by atoms with Gasteiger partial charge in [0.15, 0.2) is 9.84 Å². The highest BCUT2D eigenvalue weighted by Crippen LogP contribution is 2.31. The lowest BCUT2D eigenvalue weighted by Crippen LogP contribution is -2.03. The summed E-state index contributed by atoms with van der Waals surface area (Å²) >= 11 is 12.6. The molecule has 6 nitrogen and oxygen atoms in total. The van der Waals surface area contributed by atoms with Gasteiger partial charge in [0.05, 0.1) is 21.2 Å². The Bertz CT molecular complexity index is 1800. The molecule has 5 rings (SSSR count). The van der Waals surface area contributed by atoms with E-state index < -0.39 is 15.8 Å². The van der Waals surface area contributed by atoms with E-state index in [4.69, 9.17) is 28.2 Å². The largest absolute Gasteiger partial charge is 0.478 e. The molecular weight excluding hydrogens is 555 g/mol. The SMILES string of the molecule is CS(=O)(=O)c1cccc(-c2ccc(Cc3nc(-c4ccc(Cl)cc4Cl)cn3-c3ccc(C(=O)O)cc3)cc2)c1. The number of benzene rings is 4. The molecule has 5 aromatic rings. The Kier molecular flexibility index (Phi) is 7.32. The molecule has 4 aromatic carbocycles. The van der Waals surface area contributed by atoms with Crippen molar-refractivity contribution >= 4 is 39.0 Å². The number of halogens is 2. The topological polar surface area (TPSA) is 89.3 Å². The van der Waals surface area contributed by atoms with Gasteiger partial charge in [-0.25, -0.2) is 18.2 Å². The maximum Gasteiger partial charge on any atom is 0.335 e. The van der Waals surface area contributed by atoms with Crippen molar-refractivity contribution in [1.82, 2.24) is 9.55 Å². The number of carboxylic acids is 1. The zero-order chi connectivity index (χ0) is 27.7. The van der Waals surface area contributed by atoms with Gasteiger partial charge in [0.2, 0.25) is 0 Å². The third-order valence-corrected chi connectivity index (χ3v) is 7.95. The average Bonchev–Trinajstić information content (AvgIpc) is 3.32. The first kappa shape index (κ1) is 26.7. The number of imidazole rings is 1. The van der Waals surface area contributed by atoms with Gasteiger partial charge in [-0.1, -0.05) is 59.6 Å². The van der Waals surface area contributed by atoms with Crippen LogP contribution in [0.25, 0.3) is 28.1 Å². The van der Waals surface area contributed by atoms with E-state index >= 15 is 0 Å². The molecule has 9 heteroatoms. The zero-order valence-corrected chi connectivity index (χ0v) is 23.0. The maximum absolute atomic E-state index is 12.0. The number of aromatic nitrogens is 2. The van der Waals surface area contributed by atoms with E-state index in [1.807, 2.05) is 47.2 Å². The highest BCUT2D eigenvalue weighted by Gasteiger charge is 2.15.